The minimum Gasteiger partial charge on any atom is -0.356 e. The fourth-order valence-electron chi connectivity index (χ4n) is 1.69. The predicted octanol–water partition coefficient (Wildman–Crippen LogP) is 0.423. The van der Waals surface area contributed by atoms with Crippen molar-refractivity contribution in [2.45, 2.75) is 17.7 Å². The summed E-state index contributed by atoms with van der Waals surface area (Å²) in [7, 11) is 0.416. The van der Waals surface area contributed by atoms with Crippen LogP contribution in [0.3, 0.4) is 0 Å². The maximum atomic E-state index is 11.9. The number of hydrogen-bond donors (Lipinski definition) is 2. The molecule has 0 aromatic heterocycles. The topological polar surface area (TPSA) is 78.5 Å². The molecule has 0 aliphatic rings. The maximum absolute atomic E-state index is 11.9. The number of sulfonamides is 1. The Morgan fingerprint density at radius 2 is 1.81 bits per heavy atom. The molecule has 2 N–H and O–H groups in total. The van der Waals surface area contributed by atoms with Crippen LogP contribution in [0.2, 0.25) is 0 Å². The van der Waals surface area contributed by atoms with Gasteiger partial charge in [-0.05, 0) is 39.2 Å². The highest BCUT2D eigenvalue weighted by molar-refractivity contribution is 7.89. The number of amides is 1. The van der Waals surface area contributed by atoms with Crippen molar-refractivity contribution in [3.63, 3.8) is 0 Å². The number of carbonyl (C=O) groups is 1. The standard InChI is InChI=1S/C14H23N3O3S/c1-17(2)12-6-10-15-14(18)9-11-16-21(19,20)13-7-4-3-5-8-13/h3-5,7-8,16H,6,9-12H2,1-2H3,(H,15,18). The van der Waals surface area contributed by atoms with Crippen LogP contribution in [0.4, 0.5) is 0 Å². The molecule has 0 unspecified atom stereocenters. The highest BCUT2D eigenvalue weighted by Gasteiger charge is 2.13. The normalized spacial score (nSPS) is 11.6. The third-order valence-electron chi connectivity index (χ3n) is 2.80. The molecule has 0 saturated carbocycles. The molecule has 0 heterocycles. The molecule has 1 rings (SSSR count). The molecule has 0 saturated heterocycles. The second-order valence-electron chi connectivity index (χ2n) is 4.97. The van der Waals surface area contributed by atoms with Crippen molar-refractivity contribution in [2.75, 3.05) is 33.7 Å². The van der Waals surface area contributed by atoms with Crippen LogP contribution in [0.25, 0.3) is 0 Å². The van der Waals surface area contributed by atoms with Gasteiger partial charge in [-0.15, -0.1) is 0 Å². The Morgan fingerprint density at radius 3 is 2.43 bits per heavy atom. The third kappa shape index (κ3) is 7.22. The largest absolute Gasteiger partial charge is 0.356 e. The zero-order valence-electron chi connectivity index (χ0n) is 12.5. The second-order valence-corrected chi connectivity index (χ2v) is 6.73. The average molecular weight is 313 g/mol. The summed E-state index contributed by atoms with van der Waals surface area (Å²) in [6.07, 6.45) is 1.00. The number of nitrogens with one attached hydrogen (secondary N) is 2. The fraction of sp³-hybridized carbons (Fsp3) is 0.500. The van der Waals surface area contributed by atoms with Gasteiger partial charge in [0.1, 0.15) is 0 Å². The maximum Gasteiger partial charge on any atom is 0.240 e. The van der Waals surface area contributed by atoms with E-state index in [4.69, 9.17) is 0 Å². The lowest BCUT2D eigenvalue weighted by Gasteiger charge is -2.10. The Morgan fingerprint density at radius 1 is 1.14 bits per heavy atom. The van der Waals surface area contributed by atoms with Crippen LogP contribution in [0, 0.1) is 0 Å². The van der Waals surface area contributed by atoms with E-state index in [9.17, 15) is 13.2 Å². The van der Waals surface area contributed by atoms with Gasteiger partial charge in [-0.2, -0.15) is 0 Å². The van der Waals surface area contributed by atoms with E-state index in [0.717, 1.165) is 13.0 Å². The summed E-state index contributed by atoms with van der Waals surface area (Å²) in [6.45, 7) is 1.60. The van der Waals surface area contributed by atoms with Crippen molar-refractivity contribution in [1.82, 2.24) is 14.9 Å². The van der Waals surface area contributed by atoms with Gasteiger partial charge in [-0.1, -0.05) is 18.2 Å². The highest BCUT2D eigenvalue weighted by Crippen LogP contribution is 2.06. The summed E-state index contributed by atoms with van der Waals surface area (Å²) < 4.78 is 26.2. The molecule has 0 radical (unpaired) electrons. The molecule has 1 amide bonds. The van der Waals surface area contributed by atoms with E-state index >= 15 is 0 Å². The summed E-state index contributed by atoms with van der Waals surface area (Å²) in [5.41, 5.74) is 0. The van der Waals surface area contributed by atoms with Crippen molar-refractivity contribution in [3.8, 4) is 0 Å². The van der Waals surface area contributed by atoms with Crippen molar-refractivity contribution in [3.05, 3.63) is 30.3 Å². The van der Waals surface area contributed by atoms with Gasteiger partial charge in [-0.3, -0.25) is 4.79 Å². The Labute approximate surface area is 126 Å². The van der Waals surface area contributed by atoms with Gasteiger partial charge >= 0.3 is 0 Å². The van der Waals surface area contributed by atoms with Crippen LogP contribution < -0.4 is 10.0 Å². The van der Waals surface area contributed by atoms with Crippen molar-refractivity contribution < 1.29 is 13.2 Å². The zero-order chi connectivity index (χ0) is 15.7. The smallest absolute Gasteiger partial charge is 0.240 e. The molecular weight excluding hydrogens is 290 g/mol. The molecule has 7 heteroatoms. The van der Waals surface area contributed by atoms with Gasteiger partial charge in [0.05, 0.1) is 4.90 Å². The first-order valence-electron chi connectivity index (χ1n) is 6.88. The van der Waals surface area contributed by atoms with Crippen LogP contribution in [0.15, 0.2) is 35.2 Å². The number of hydrogen-bond acceptors (Lipinski definition) is 4. The lowest BCUT2D eigenvalue weighted by Crippen LogP contribution is -2.32. The highest BCUT2D eigenvalue weighted by atomic mass is 32.2. The Hall–Kier alpha value is -1.44. The number of rotatable bonds is 9. The van der Waals surface area contributed by atoms with Gasteiger partial charge in [0.15, 0.2) is 0 Å². The van der Waals surface area contributed by atoms with E-state index in [1.54, 1.807) is 18.2 Å². The van der Waals surface area contributed by atoms with E-state index in [1.165, 1.54) is 12.1 Å². The van der Waals surface area contributed by atoms with Crippen LogP contribution in [0.5, 0.6) is 0 Å². The zero-order valence-corrected chi connectivity index (χ0v) is 13.3. The van der Waals surface area contributed by atoms with Crippen molar-refractivity contribution >= 4 is 15.9 Å². The predicted molar refractivity (Wildman–Crippen MR) is 82.4 cm³/mol. The first-order valence-corrected chi connectivity index (χ1v) is 8.36. The number of benzene rings is 1. The van der Waals surface area contributed by atoms with E-state index in [-0.39, 0.29) is 23.8 Å². The molecule has 118 valence electrons. The van der Waals surface area contributed by atoms with Crippen LogP contribution in [-0.4, -0.2) is 53.0 Å². The Bertz CT molecular complexity index is 530. The summed E-state index contributed by atoms with van der Waals surface area (Å²) >= 11 is 0. The van der Waals surface area contributed by atoms with Crippen molar-refractivity contribution in [2.24, 2.45) is 0 Å². The van der Waals surface area contributed by atoms with Gasteiger partial charge in [0.2, 0.25) is 15.9 Å². The van der Waals surface area contributed by atoms with Crippen molar-refractivity contribution in [1.29, 1.82) is 0 Å². The Kier molecular flexibility index (Phi) is 7.35. The average Bonchev–Trinajstić information content (AvgIpc) is 2.44. The quantitative estimate of drug-likeness (QED) is 0.648. The second kappa shape index (κ2) is 8.76. The lowest BCUT2D eigenvalue weighted by molar-refractivity contribution is -0.120. The van der Waals surface area contributed by atoms with E-state index in [0.29, 0.717) is 6.54 Å². The van der Waals surface area contributed by atoms with Gasteiger partial charge in [-0.25, -0.2) is 13.1 Å². The number of carbonyl (C=O) groups excluding carboxylic acids is 1. The van der Waals surface area contributed by atoms with Gasteiger partial charge in [0, 0.05) is 19.5 Å². The molecule has 1 aromatic rings. The first kappa shape index (κ1) is 17.6. The van der Waals surface area contributed by atoms with E-state index in [1.807, 2.05) is 19.0 Å². The Balaban J connectivity index is 2.25. The van der Waals surface area contributed by atoms with E-state index in [2.05, 4.69) is 10.0 Å². The summed E-state index contributed by atoms with van der Waals surface area (Å²) in [6, 6.07) is 8.10. The van der Waals surface area contributed by atoms with Gasteiger partial charge in [0.25, 0.3) is 0 Å². The lowest BCUT2D eigenvalue weighted by atomic mass is 10.3. The molecule has 6 nitrogen and oxygen atoms in total. The monoisotopic (exact) mass is 313 g/mol. The first-order chi connectivity index (χ1) is 9.92. The minimum atomic E-state index is -3.53. The number of nitrogens with zero attached hydrogens (tertiary/aromatic N) is 1. The molecule has 0 atom stereocenters. The van der Waals surface area contributed by atoms with Crippen LogP contribution in [0.1, 0.15) is 12.8 Å². The minimum absolute atomic E-state index is 0.0940. The van der Waals surface area contributed by atoms with Crippen LogP contribution >= 0.6 is 0 Å². The SMILES string of the molecule is CN(C)CCCNC(=O)CCNS(=O)(=O)c1ccccc1. The fourth-order valence-corrected chi connectivity index (χ4v) is 2.75. The summed E-state index contributed by atoms with van der Waals surface area (Å²) in [5, 5.41) is 2.76. The molecule has 1 aromatic carbocycles. The molecular formula is C14H23N3O3S. The molecule has 0 spiro atoms. The molecule has 0 bridgehead atoms. The molecule has 21 heavy (non-hydrogen) atoms. The summed E-state index contributed by atoms with van der Waals surface area (Å²) in [4.78, 5) is 13.8. The van der Waals surface area contributed by atoms with Crippen LogP contribution in [-0.2, 0) is 14.8 Å². The summed E-state index contributed by atoms with van der Waals surface area (Å²) in [5.74, 6) is -0.149. The van der Waals surface area contributed by atoms with Gasteiger partial charge < -0.3 is 10.2 Å². The molecule has 0 aliphatic carbocycles. The molecule has 0 aliphatic heterocycles. The molecule has 0 fully saturated rings. The third-order valence-corrected chi connectivity index (χ3v) is 4.28. The van der Waals surface area contributed by atoms with E-state index < -0.39 is 10.0 Å².